The molecule has 2 aromatic rings. The van der Waals surface area contributed by atoms with Gasteiger partial charge in [-0.15, -0.1) is 11.8 Å². The highest BCUT2D eigenvalue weighted by atomic mass is 32.2. The third-order valence-corrected chi connectivity index (χ3v) is 7.25. The number of fused-ring (bicyclic) bond motifs is 2. The van der Waals surface area contributed by atoms with Gasteiger partial charge >= 0.3 is 5.97 Å². The number of carbonyl (C=O) groups is 3. The fourth-order valence-electron chi connectivity index (χ4n) is 3.84. The summed E-state index contributed by atoms with van der Waals surface area (Å²) in [4.78, 5) is 46.3. The summed E-state index contributed by atoms with van der Waals surface area (Å²) in [7, 11) is 0. The molecule has 1 saturated heterocycles. The molecule has 2 atom stereocenters. The van der Waals surface area contributed by atoms with Crippen LogP contribution < -0.4 is 21.4 Å². The second-order valence-corrected chi connectivity index (χ2v) is 9.34. The lowest BCUT2D eigenvalue weighted by atomic mass is 10.0. The molecule has 2 amide bonds. The van der Waals surface area contributed by atoms with Crippen LogP contribution in [0, 0.1) is 5.41 Å². The number of hydrazine groups is 1. The van der Waals surface area contributed by atoms with Gasteiger partial charge < -0.3 is 25.6 Å². The Morgan fingerprint density at radius 1 is 1.44 bits per heavy atom. The van der Waals surface area contributed by atoms with E-state index in [9.17, 15) is 23.9 Å². The van der Waals surface area contributed by atoms with E-state index in [-0.39, 0.29) is 16.9 Å². The summed E-state index contributed by atoms with van der Waals surface area (Å²) >= 11 is 2.22. The number of oxime groups is 1. The zero-order chi connectivity index (χ0) is 25.6. The van der Waals surface area contributed by atoms with Gasteiger partial charge in [0.05, 0.1) is 18.1 Å². The van der Waals surface area contributed by atoms with Crippen molar-refractivity contribution in [1.82, 2.24) is 34.2 Å². The van der Waals surface area contributed by atoms with Crippen molar-refractivity contribution in [1.29, 1.82) is 5.41 Å². The topological polar surface area (TPSA) is 196 Å². The third-order valence-electron chi connectivity index (χ3n) is 5.36. The monoisotopic (exact) mass is 536 g/mol. The maximum absolute atomic E-state index is 13.0. The number of β-lactam (4-membered cyclic amide) rings is 1. The number of thioether (sulfide) groups is 1. The van der Waals surface area contributed by atoms with Gasteiger partial charge in [0.2, 0.25) is 0 Å². The van der Waals surface area contributed by atoms with Crippen molar-refractivity contribution in [3.63, 3.8) is 0 Å². The van der Waals surface area contributed by atoms with Crippen LogP contribution in [-0.2, 0) is 19.2 Å². The SMILES string of the molecule is N=c1ccn(C2=C(C(=O)O)N3C(=O)[C@@H](NC(=O)/C(=N/OCF)N4C=C(N)SN4)[C@H]3SC2)c2ccnn12. The van der Waals surface area contributed by atoms with E-state index in [0.29, 0.717) is 16.4 Å². The van der Waals surface area contributed by atoms with Gasteiger partial charge in [-0.1, -0.05) is 5.16 Å². The predicted octanol–water partition coefficient (Wildman–Crippen LogP) is -1.25. The van der Waals surface area contributed by atoms with Crippen molar-refractivity contribution in [2.45, 2.75) is 11.4 Å². The number of alkyl halides is 1. The Balaban J connectivity index is 1.42. The number of aromatic nitrogens is 3. The molecule has 1 fully saturated rings. The van der Waals surface area contributed by atoms with Crippen LogP contribution in [-0.4, -0.2) is 76.8 Å². The summed E-state index contributed by atoms with van der Waals surface area (Å²) in [6.45, 7) is -1.29. The first kappa shape index (κ1) is 23.7. The van der Waals surface area contributed by atoms with Crippen LogP contribution in [0.25, 0.3) is 11.3 Å². The zero-order valence-electron chi connectivity index (χ0n) is 18.0. The van der Waals surface area contributed by atoms with Crippen molar-refractivity contribution in [2.75, 3.05) is 12.6 Å². The Kier molecular flexibility index (Phi) is 6.06. The number of nitrogens with one attached hydrogen (secondary N) is 3. The van der Waals surface area contributed by atoms with Crippen LogP contribution in [0.3, 0.4) is 0 Å². The van der Waals surface area contributed by atoms with E-state index in [2.05, 4.69) is 25.2 Å². The molecule has 0 radical (unpaired) electrons. The summed E-state index contributed by atoms with van der Waals surface area (Å²) in [5, 5.41) is 28.7. The molecule has 0 aliphatic carbocycles. The fourth-order valence-corrected chi connectivity index (χ4v) is 5.69. The Morgan fingerprint density at radius 2 is 2.25 bits per heavy atom. The second-order valence-electron chi connectivity index (χ2n) is 7.38. The molecule has 2 aromatic heterocycles. The summed E-state index contributed by atoms with van der Waals surface area (Å²) in [5.41, 5.74) is 6.27. The van der Waals surface area contributed by atoms with Gasteiger partial charge in [-0.25, -0.2) is 14.2 Å². The number of carboxylic acid groups (broad SMARTS) is 1. The van der Waals surface area contributed by atoms with E-state index in [4.69, 9.17) is 11.1 Å². The van der Waals surface area contributed by atoms with Crippen molar-refractivity contribution in [3.05, 3.63) is 46.9 Å². The summed E-state index contributed by atoms with van der Waals surface area (Å²) in [5.74, 6) is -3.07. The first-order valence-electron chi connectivity index (χ1n) is 10.1. The highest BCUT2D eigenvalue weighted by Crippen LogP contribution is 2.42. The number of nitrogens with zero attached hydrogens (tertiary/aromatic N) is 6. The van der Waals surface area contributed by atoms with Crippen LogP contribution >= 0.6 is 23.7 Å². The molecule has 0 spiro atoms. The highest BCUT2D eigenvalue weighted by molar-refractivity contribution is 8.01. The average Bonchev–Trinajstić information content (AvgIpc) is 3.52. The van der Waals surface area contributed by atoms with Crippen molar-refractivity contribution < 1.29 is 28.7 Å². The molecule has 3 aliphatic heterocycles. The van der Waals surface area contributed by atoms with Gasteiger partial charge in [-0.3, -0.25) is 19.9 Å². The van der Waals surface area contributed by atoms with Gasteiger partial charge in [0.15, 0.2) is 5.70 Å². The smallest absolute Gasteiger partial charge is 0.354 e. The number of rotatable bonds is 5. The van der Waals surface area contributed by atoms with Crippen LogP contribution in [0.2, 0.25) is 0 Å². The maximum atomic E-state index is 13.0. The minimum absolute atomic E-state index is 0.101. The number of halogens is 1. The normalized spacial score (nSPS) is 21.9. The van der Waals surface area contributed by atoms with Gasteiger partial charge in [0.1, 0.15) is 27.6 Å². The number of hydrogen-bond donors (Lipinski definition) is 5. The Labute approximate surface area is 209 Å². The van der Waals surface area contributed by atoms with E-state index in [1.807, 2.05) is 0 Å². The van der Waals surface area contributed by atoms with Gasteiger partial charge in [-0.2, -0.15) is 14.4 Å². The molecule has 0 bridgehead atoms. The van der Waals surface area contributed by atoms with E-state index in [1.165, 1.54) is 40.9 Å². The third kappa shape index (κ3) is 3.84. The van der Waals surface area contributed by atoms with Crippen molar-refractivity contribution in [3.8, 4) is 0 Å². The molecule has 188 valence electrons. The summed E-state index contributed by atoms with van der Waals surface area (Å²) in [6.07, 6.45) is 4.34. The van der Waals surface area contributed by atoms with Crippen LogP contribution in [0.1, 0.15) is 0 Å². The van der Waals surface area contributed by atoms with Crippen LogP contribution in [0.15, 0.2) is 46.6 Å². The van der Waals surface area contributed by atoms with E-state index < -0.39 is 41.9 Å². The second kappa shape index (κ2) is 9.21. The lowest BCUT2D eigenvalue weighted by Crippen LogP contribution is -2.71. The molecule has 0 saturated carbocycles. The molecule has 3 aliphatic rings. The number of nitrogens with two attached hydrogens (primary N) is 1. The predicted molar refractivity (Wildman–Crippen MR) is 124 cm³/mol. The average molecular weight is 537 g/mol. The highest BCUT2D eigenvalue weighted by Gasteiger charge is 2.55. The Hall–Kier alpha value is -4.03. The Morgan fingerprint density at radius 3 is 2.94 bits per heavy atom. The molecule has 0 unspecified atom stereocenters. The number of carboxylic acids is 1. The first-order valence-corrected chi connectivity index (χ1v) is 12.0. The van der Waals surface area contributed by atoms with E-state index in [0.717, 1.165) is 21.9 Å². The number of hydrogen-bond acceptors (Lipinski definition) is 11. The maximum Gasteiger partial charge on any atom is 0.354 e. The van der Waals surface area contributed by atoms with Gasteiger partial charge in [0, 0.05) is 18.0 Å². The van der Waals surface area contributed by atoms with Gasteiger partial charge in [-0.05, 0) is 18.0 Å². The van der Waals surface area contributed by atoms with Crippen LogP contribution in [0.4, 0.5) is 4.39 Å². The molecular weight excluding hydrogens is 519 g/mol. The number of aliphatic carboxylic acids is 1. The zero-order valence-corrected chi connectivity index (χ0v) is 19.6. The lowest BCUT2D eigenvalue weighted by molar-refractivity contribution is -0.150. The molecule has 6 N–H and O–H groups in total. The Bertz CT molecular complexity index is 1430. The minimum Gasteiger partial charge on any atom is -0.477 e. The van der Waals surface area contributed by atoms with Crippen molar-refractivity contribution in [2.24, 2.45) is 10.9 Å². The summed E-state index contributed by atoms with van der Waals surface area (Å²) in [6, 6.07) is 2.01. The van der Waals surface area contributed by atoms with E-state index in [1.54, 1.807) is 10.6 Å². The minimum atomic E-state index is -1.33. The van der Waals surface area contributed by atoms with E-state index >= 15 is 0 Å². The largest absolute Gasteiger partial charge is 0.477 e. The molecule has 15 nitrogen and oxygen atoms in total. The molecule has 5 rings (SSSR count). The molecule has 36 heavy (non-hydrogen) atoms. The van der Waals surface area contributed by atoms with Crippen LogP contribution in [0.5, 0.6) is 0 Å². The summed E-state index contributed by atoms with van der Waals surface area (Å²) < 4.78 is 15.4. The number of carbonyl (C=O) groups excluding carboxylic acids is 2. The molecule has 5 heterocycles. The van der Waals surface area contributed by atoms with Gasteiger partial charge in [0.25, 0.3) is 24.5 Å². The number of amidine groups is 1. The first-order chi connectivity index (χ1) is 17.3. The fraction of sp³-hybridized carbons (Fsp3) is 0.222. The lowest BCUT2D eigenvalue weighted by Gasteiger charge is -2.49. The molecular formula is C18H17FN10O5S2. The quantitative estimate of drug-likeness (QED) is 0.101. The van der Waals surface area contributed by atoms with Crippen molar-refractivity contribution >= 4 is 58.7 Å². The molecule has 0 aromatic carbocycles. The number of amides is 2. The standard InChI is InChI=1S/C18H17FN10O5S2/c19-7-34-24-14(27-5-10(21)36-25-27)15(30)23-12-16(31)28-13(18(32)33)8(6-35-17(12)28)26-4-2-9(20)29-11(26)1-3-22-29/h1-5,12,17,20,25H,6-7,21H2,(H,23,30)(H,32,33)/b20-9?,24-14-/t12-,17-/m1/s1. The molecule has 18 heteroatoms.